The van der Waals surface area contributed by atoms with E-state index in [0.29, 0.717) is 18.8 Å². The molecule has 7 nitrogen and oxygen atoms in total. The molecule has 0 atom stereocenters. The number of para-hydroxylation sites is 1. The Labute approximate surface area is 169 Å². The smallest absolute Gasteiger partial charge is 0.326 e. The topological polar surface area (TPSA) is 88.6 Å². The number of hydrogen-bond acceptors (Lipinski definition) is 5. The quantitative estimate of drug-likeness (QED) is 0.621. The number of ether oxygens (including phenoxy) is 1. The predicted octanol–water partition coefficient (Wildman–Crippen LogP) is 3.17. The maximum absolute atomic E-state index is 12.9. The van der Waals surface area contributed by atoms with Crippen molar-refractivity contribution < 1.29 is 19.1 Å². The van der Waals surface area contributed by atoms with Gasteiger partial charge in [-0.2, -0.15) is 0 Å². The van der Waals surface area contributed by atoms with E-state index in [4.69, 9.17) is 4.74 Å². The Morgan fingerprint density at radius 1 is 1.24 bits per heavy atom. The van der Waals surface area contributed by atoms with E-state index < -0.39 is 17.5 Å². The Morgan fingerprint density at radius 3 is 2.76 bits per heavy atom. The number of nitrogens with zero attached hydrogens (tertiary/aromatic N) is 2. The number of benzene rings is 1. The molecular weight excluding hydrogens is 370 g/mol. The largest absolute Gasteiger partial charge is 0.459 e. The van der Waals surface area contributed by atoms with Crippen LogP contribution >= 0.6 is 0 Å². The van der Waals surface area contributed by atoms with E-state index in [1.165, 1.54) is 0 Å². The molecule has 3 amide bonds. The summed E-state index contributed by atoms with van der Waals surface area (Å²) in [4.78, 5) is 43.0. The Bertz CT molecular complexity index is 945. The van der Waals surface area contributed by atoms with Crippen LogP contribution in [-0.4, -0.2) is 39.9 Å². The average Bonchev–Trinajstić information content (AvgIpc) is 2.97. The maximum Gasteiger partial charge on any atom is 0.326 e. The number of nitrogens with one attached hydrogen (secondary N) is 1. The summed E-state index contributed by atoms with van der Waals surface area (Å²) in [6.07, 6.45) is 5.85. The zero-order valence-corrected chi connectivity index (χ0v) is 16.5. The molecule has 1 aliphatic carbocycles. The van der Waals surface area contributed by atoms with Gasteiger partial charge in [-0.25, -0.2) is 4.79 Å². The van der Waals surface area contributed by atoms with E-state index in [9.17, 15) is 14.4 Å². The van der Waals surface area contributed by atoms with Gasteiger partial charge in [0.2, 0.25) is 0 Å². The van der Waals surface area contributed by atoms with Crippen molar-refractivity contribution in [1.29, 1.82) is 0 Å². The standard InChI is InChI=1S/C22H25N3O4/c1-2-15-8-10-22(11-9-15)20(27)25(21(28)24-22)13-18(26)29-14-17-6-3-5-16-7-4-12-23-19(16)17/h3-7,12,15H,2,8-11,13-14H2,1H3,(H,24,28). The fraction of sp³-hybridized carbons (Fsp3) is 0.455. The van der Waals surface area contributed by atoms with E-state index in [-0.39, 0.29) is 19.1 Å². The summed E-state index contributed by atoms with van der Waals surface area (Å²) in [6, 6.07) is 8.94. The van der Waals surface area contributed by atoms with Crippen molar-refractivity contribution in [3.63, 3.8) is 0 Å². The number of carbonyl (C=O) groups excluding carboxylic acids is 3. The van der Waals surface area contributed by atoms with Crippen LogP contribution in [0.15, 0.2) is 36.5 Å². The van der Waals surface area contributed by atoms with E-state index in [0.717, 1.165) is 40.6 Å². The molecule has 1 saturated heterocycles. The molecule has 2 aromatic rings. The third-order valence-corrected chi connectivity index (χ3v) is 6.17. The summed E-state index contributed by atoms with van der Waals surface area (Å²) in [5, 5.41) is 3.79. The van der Waals surface area contributed by atoms with Gasteiger partial charge >= 0.3 is 12.0 Å². The van der Waals surface area contributed by atoms with Gasteiger partial charge in [-0.15, -0.1) is 0 Å². The molecule has 1 aromatic carbocycles. The summed E-state index contributed by atoms with van der Waals surface area (Å²) < 4.78 is 5.35. The first-order chi connectivity index (χ1) is 14.0. The van der Waals surface area contributed by atoms with Crippen molar-refractivity contribution in [3.05, 3.63) is 42.1 Å². The first-order valence-corrected chi connectivity index (χ1v) is 10.1. The van der Waals surface area contributed by atoms with E-state index >= 15 is 0 Å². The molecule has 4 rings (SSSR count). The molecule has 0 radical (unpaired) electrons. The Hall–Kier alpha value is -2.96. The van der Waals surface area contributed by atoms with E-state index in [1.807, 2.05) is 30.3 Å². The molecule has 29 heavy (non-hydrogen) atoms. The number of amides is 3. The first kappa shape index (κ1) is 19.4. The fourth-order valence-corrected chi connectivity index (χ4v) is 4.35. The second-order valence-corrected chi connectivity index (χ2v) is 7.91. The third-order valence-electron chi connectivity index (χ3n) is 6.17. The van der Waals surface area contributed by atoms with Gasteiger partial charge in [-0.1, -0.05) is 37.6 Å². The van der Waals surface area contributed by atoms with Gasteiger partial charge in [0, 0.05) is 17.1 Å². The van der Waals surface area contributed by atoms with Crippen LogP contribution in [0.25, 0.3) is 10.9 Å². The number of imide groups is 1. The fourth-order valence-electron chi connectivity index (χ4n) is 4.35. The zero-order valence-electron chi connectivity index (χ0n) is 16.5. The van der Waals surface area contributed by atoms with Gasteiger partial charge in [-0.3, -0.25) is 19.5 Å². The van der Waals surface area contributed by atoms with Crippen LogP contribution in [0.1, 0.15) is 44.6 Å². The molecule has 2 fully saturated rings. The minimum atomic E-state index is -0.845. The van der Waals surface area contributed by atoms with Gasteiger partial charge in [0.25, 0.3) is 5.91 Å². The summed E-state index contributed by atoms with van der Waals surface area (Å²) in [5.74, 6) is -0.319. The van der Waals surface area contributed by atoms with Crippen LogP contribution in [-0.2, 0) is 20.9 Å². The Morgan fingerprint density at radius 2 is 2.00 bits per heavy atom. The number of urea groups is 1. The van der Waals surface area contributed by atoms with Gasteiger partial charge in [0.15, 0.2) is 0 Å². The van der Waals surface area contributed by atoms with Crippen LogP contribution in [0.4, 0.5) is 4.79 Å². The number of aromatic nitrogens is 1. The number of carbonyl (C=O) groups is 3. The molecule has 1 N–H and O–H groups in total. The van der Waals surface area contributed by atoms with Gasteiger partial charge in [0.05, 0.1) is 5.52 Å². The Balaban J connectivity index is 1.38. The lowest BCUT2D eigenvalue weighted by atomic mass is 9.75. The highest BCUT2D eigenvalue weighted by molar-refractivity contribution is 6.08. The average molecular weight is 395 g/mol. The maximum atomic E-state index is 12.9. The number of rotatable bonds is 5. The lowest BCUT2D eigenvalue weighted by Crippen LogP contribution is -2.49. The zero-order chi connectivity index (χ0) is 20.4. The van der Waals surface area contributed by atoms with Crippen molar-refractivity contribution in [1.82, 2.24) is 15.2 Å². The van der Waals surface area contributed by atoms with Crippen molar-refractivity contribution >= 4 is 28.8 Å². The van der Waals surface area contributed by atoms with Crippen molar-refractivity contribution in [2.45, 2.75) is 51.2 Å². The summed E-state index contributed by atoms with van der Waals surface area (Å²) >= 11 is 0. The van der Waals surface area contributed by atoms with Gasteiger partial charge in [-0.05, 0) is 37.7 Å². The Kier molecular flexibility index (Phi) is 5.22. The van der Waals surface area contributed by atoms with Crippen molar-refractivity contribution in [2.24, 2.45) is 5.92 Å². The van der Waals surface area contributed by atoms with Crippen LogP contribution in [0.5, 0.6) is 0 Å². The molecule has 152 valence electrons. The second kappa shape index (κ2) is 7.81. The van der Waals surface area contributed by atoms with Gasteiger partial charge in [0.1, 0.15) is 18.7 Å². The molecule has 1 aliphatic heterocycles. The van der Waals surface area contributed by atoms with Crippen molar-refractivity contribution in [3.8, 4) is 0 Å². The molecule has 7 heteroatoms. The minimum Gasteiger partial charge on any atom is -0.459 e. The molecule has 0 unspecified atom stereocenters. The highest BCUT2D eigenvalue weighted by Gasteiger charge is 2.52. The monoisotopic (exact) mass is 395 g/mol. The highest BCUT2D eigenvalue weighted by Crippen LogP contribution is 2.37. The molecule has 0 bridgehead atoms. The third kappa shape index (κ3) is 3.69. The molecular formula is C22H25N3O4. The SMILES string of the molecule is CCC1CCC2(CC1)NC(=O)N(CC(=O)OCc1cccc3cccnc13)C2=O. The molecule has 2 heterocycles. The normalized spacial score (nSPS) is 24.2. The summed E-state index contributed by atoms with van der Waals surface area (Å²) in [5.41, 5.74) is 0.704. The molecule has 1 spiro atoms. The number of pyridine rings is 1. The van der Waals surface area contributed by atoms with E-state index in [1.54, 1.807) is 6.20 Å². The molecule has 1 aromatic heterocycles. The lowest BCUT2D eigenvalue weighted by molar-refractivity contribution is -0.149. The summed E-state index contributed by atoms with van der Waals surface area (Å²) in [7, 11) is 0. The predicted molar refractivity (Wildman–Crippen MR) is 107 cm³/mol. The number of hydrogen-bond donors (Lipinski definition) is 1. The number of esters is 1. The van der Waals surface area contributed by atoms with Crippen LogP contribution < -0.4 is 5.32 Å². The summed E-state index contributed by atoms with van der Waals surface area (Å²) in [6.45, 7) is 1.81. The first-order valence-electron chi connectivity index (χ1n) is 10.1. The molecule has 2 aliphatic rings. The van der Waals surface area contributed by atoms with Crippen LogP contribution in [0, 0.1) is 5.92 Å². The van der Waals surface area contributed by atoms with Gasteiger partial charge < -0.3 is 10.1 Å². The van der Waals surface area contributed by atoms with Crippen molar-refractivity contribution in [2.75, 3.05) is 6.54 Å². The lowest BCUT2D eigenvalue weighted by Gasteiger charge is -2.34. The highest BCUT2D eigenvalue weighted by atomic mass is 16.5. The number of fused-ring (bicyclic) bond motifs is 1. The van der Waals surface area contributed by atoms with Crippen LogP contribution in [0.3, 0.4) is 0 Å². The minimum absolute atomic E-state index is 0.0418. The van der Waals surface area contributed by atoms with Crippen LogP contribution in [0.2, 0.25) is 0 Å². The second-order valence-electron chi connectivity index (χ2n) is 7.91. The molecule has 1 saturated carbocycles. The van der Waals surface area contributed by atoms with E-state index in [2.05, 4.69) is 17.2 Å².